The smallest absolute Gasteiger partial charge is 0.117 e. The fourth-order valence-electron chi connectivity index (χ4n) is 1.65. The summed E-state index contributed by atoms with van der Waals surface area (Å²) in [5.41, 5.74) is 2.20. The van der Waals surface area contributed by atoms with Crippen molar-refractivity contribution in [3.63, 3.8) is 0 Å². The lowest BCUT2D eigenvalue weighted by Crippen LogP contribution is -2.27. The van der Waals surface area contributed by atoms with Crippen LogP contribution >= 0.6 is 0 Å². The summed E-state index contributed by atoms with van der Waals surface area (Å²) in [6, 6.07) is 6.33. The van der Waals surface area contributed by atoms with Crippen LogP contribution in [0.25, 0.3) is 0 Å². The molecule has 0 amide bonds. The van der Waals surface area contributed by atoms with E-state index in [4.69, 9.17) is 4.42 Å². The number of nitrogens with one attached hydrogen (secondary N) is 2. The summed E-state index contributed by atoms with van der Waals surface area (Å²) in [7, 11) is 0. The first-order chi connectivity index (χ1) is 7.74. The topological polar surface area (TPSA) is 53.9 Å². The fraction of sp³-hybridized carbons (Fsp3) is 0.417. The van der Waals surface area contributed by atoms with Gasteiger partial charge in [0.05, 0.1) is 18.5 Å². The first-order valence-corrected chi connectivity index (χ1v) is 5.50. The first kappa shape index (κ1) is 11.0. The maximum Gasteiger partial charge on any atom is 0.117 e. The number of H-pyrrole nitrogens is 1. The van der Waals surface area contributed by atoms with E-state index in [1.807, 2.05) is 19.1 Å². The van der Waals surface area contributed by atoms with E-state index in [1.165, 1.54) is 0 Å². The molecule has 1 unspecified atom stereocenters. The predicted molar refractivity (Wildman–Crippen MR) is 62.0 cm³/mol. The number of aryl methyl sites for hydroxylation is 1. The quantitative estimate of drug-likeness (QED) is 0.809. The van der Waals surface area contributed by atoms with Crippen molar-refractivity contribution in [1.29, 1.82) is 0 Å². The molecule has 0 radical (unpaired) electrons. The van der Waals surface area contributed by atoms with E-state index in [9.17, 15) is 0 Å². The summed E-state index contributed by atoms with van der Waals surface area (Å²) in [6.45, 7) is 4.92. The van der Waals surface area contributed by atoms with Crippen LogP contribution in [0.5, 0.6) is 0 Å². The fourth-order valence-corrected chi connectivity index (χ4v) is 1.65. The normalized spacial score (nSPS) is 12.9. The highest BCUT2D eigenvalue weighted by molar-refractivity contribution is 5.08. The van der Waals surface area contributed by atoms with Gasteiger partial charge in [0, 0.05) is 18.2 Å². The molecule has 2 aromatic rings. The van der Waals surface area contributed by atoms with Gasteiger partial charge in [-0.25, -0.2) is 0 Å². The third-order valence-electron chi connectivity index (χ3n) is 2.48. The second kappa shape index (κ2) is 4.99. The SMILES string of the molecule is Cc1cc(CC(C)NCc2ccco2)n[nH]1. The second-order valence-corrected chi connectivity index (χ2v) is 4.11. The van der Waals surface area contributed by atoms with E-state index >= 15 is 0 Å². The second-order valence-electron chi connectivity index (χ2n) is 4.11. The van der Waals surface area contributed by atoms with Crippen molar-refractivity contribution in [3.8, 4) is 0 Å². The Kier molecular flexibility index (Phi) is 3.41. The van der Waals surface area contributed by atoms with E-state index in [1.54, 1.807) is 6.26 Å². The highest BCUT2D eigenvalue weighted by atomic mass is 16.3. The van der Waals surface area contributed by atoms with Crippen molar-refractivity contribution < 1.29 is 4.42 Å². The number of aromatic nitrogens is 2. The molecule has 2 heterocycles. The van der Waals surface area contributed by atoms with Gasteiger partial charge in [0.15, 0.2) is 0 Å². The van der Waals surface area contributed by atoms with Crippen LogP contribution in [-0.2, 0) is 13.0 Å². The molecule has 0 aliphatic heterocycles. The van der Waals surface area contributed by atoms with E-state index in [-0.39, 0.29) is 0 Å². The third kappa shape index (κ3) is 2.97. The standard InChI is InChI=1S/C12H17N3O/c1-9(6-11-7-10(2)14-15-11)13-8-12-4-3-5-16-12/h3-5,7,9,13H,6,8H2,1-2H3,(H,14,15). The van der Waals surface area contributed by atoms with Crippen LogP contribution in [0.4, 0.5) is 0 Å². The Morgan fingerprint density at radius 2 is 2.44 bits per heavy atom. The third-order valence-corrected chi connectivity index (χ3v) is 2.48. The van der Waals surface area contributed by atoms with Crippen molar-refractivity contribution in [2.24, 2.45) is 0 Å². The van der Waals surface area contributed by atoms with Crippen LogP contribution in [0.15, 0.2) is 28.9 Å². The first-order valence-electron chi connectivity index (χ1n) is 5.50. The zero-order valence-electron chi connectivity index (χ0n) is 9.66. The lowest BCUT2D eigenvalue weighted by molar-refractivity contribution is 0.452. The molecule has 0 bridgehead atoms. The lowest BCUT2D eigenvalue weighted by atomic mass is 10.2. The summed E-state index contributed by atoms with van der Waals surface area (Å²) < 4.78 is 5.25. The summed E-state index contributed by atoms with van der Waals surface area (Å²) in [5.74, 6) is 0.963. The summed E-state index contributed by atoms with van der Waals surface area (Å²) in [6.07, 6.45) is 2.61. The van der Waals surface area contributed by atoms with Crippen molar-refractivity contribution in [2.45, 2.75) is 32.9 Å². The zero-order chi connectivity index (χ0) is 11.4. The number of nitrogens with zero attached hydrogens (tertiary/aromatic N) is 1. The van der Waals surface area contributed by atoms with Gasteiger partial charge < -0.3 is 9.73 Å². The zero-order valence-corrected chi connectivity index (χ0v) is 9.66. The van der Waals surface area contributed by atoms with Gasteiger partial charge in [0.2, 0.25) is 0 Å². The van der Waals surface area contributed by atoms with Gasteiger partial charge in [0.25, 0.3) is 0 Å². The van der Waals surface area contributed by atoms with Crippen molar-refractivity contribution in [3.05, 3.63) is 41.6 Å². The molecule has 4 nitrogen and oxygen atoms in total. The van der Waals surface area contributed by atoms with Crippen LogP contribution in [0.2, 0.25) is 0 Å². The minimum absolute atomic E-state index is 0.382. The molecule has 0 aliphatic rings. The molecular weight excluding hydrogens is 202 g/mol. The van der Waals surface area contributed by atoms with Crippen LogP contribution in [-0.4, -0.2) is 16.2 Å². The van der Waals surface area contributed by atoms with Crippen LogP contribution in [0.3, 0.4) is 0 Å². The molecule has 0 saturated heterocycles. The van der Waals surface area contributed by atoms with Crippen LogP contribution in [0.1, 0.15) is 24.1 Å². The molecule has 0 fully saturated rings. The Hall–Kier alpha value is -1.55. The van der Waals surface area contributed by atoms with Gasteiger partial charge in [0.1, 0.15) is 5.76 Å². The molecule has 2 aromatic heterocycles. The maximum atomic E-state index is 5.25. The predicted octanol–water partition coefficient (Wildman–Crippen LogP) is 2.03. The summed E-state index contributed by atoms with van der Waals surface area (Å²) in [4.78, 5) is 0. The minimum Gasteiger partial charge on any atom is -0.468 e. The highest BCUT2D eigenvalue weighted by Crippen LogP contribution is 2.04. The molecule has 16 heavy (non-hydrogen) atoms. The molecule has 86 valence electrons. The number of rotatable bonds is 5. The van der Waals surface area contributed by atoms with Gasteiger partial charge in [-0.1, -0.05) is 0 Å². The van der Waals surface area contributed by atoms with E-state index in [2.05, 4.69) is 28.5 Å². The average molecular weight is 219 g/mol. The van der Waals surface area contributed by atoms with E-state index in [0.717, 1.165) is 30.1 Å². The van der Waals surface area contributed by atoms with Gasteiger partial charge in [-0.2, -0.15) is 5.10 Å². The molecule has 2 rings (SSSR count). The van der Waals surface area contributed by atoms with E-state index in [0.29, 0.717) is 6.04 Å². The summed E-state index contributed by atoms with van der Waals surface area (Å²) >= 11 is 0. The molecule has 0 spiro atoms. The minimum atomic E-state index is 0.382. The lowest BCUT2D eigenvalue weighted by Gasteiger charge is -2.10. The van der Waals surface area contributed by atoms with E-state index < -0.39 is 0 Å². The van der Waals surface area contributed by atoms with Gasteiger partial charge in [-0.3, -0.25) is 5.10 Å². The Balaban J connectivity index is 1.78. The van der Waals surface area contributed by atoms with Gasteiger partial charge in [-0.15, -0.1) is 0 Å². The Morgan fingerprint density at radius 3 is 3.06 bits per heavy atom. The molecule has 4 heteroatoms. The number of hydrogen-bond donors (Lipinski definition) is 2. The Bertz CT molecular complexity index is 419. The summed E-state index contributed by atoms with van der Waals surface area (Å²) in [5, 5.41) is 10.6. The molecule has 0 aliphatic carbocycles. The van der Waals surface area contributed by atoms with Crippen molar-refractivity contribution >= 4 is 0 Å². The van der Waals surface area contributed by atoms with Crippen molar-refractivity contribution in [2.75, 3.05) is 0 Å². The molecule has 0 saturated carbocycles. The molecular formula is C12H17N3O. The molecule has 0 aromatic carbocycles. The number of aromatic amines is 1. The van der Waals surface area contributed by atoms with Crippen LogP contribution < -0.4 is 5.32 Å². The van der Waals surface area contributed by atoms with Gasteiger partial charge >= 0.3 is 0 Å². The Labute approximate surface area is 95.1 Å². The molecule has 2 N–H and O–H groups in total. The Morgan fingerprint density at radius 1 is 1.56 bits per heavy atom. The monoisotopic (exact) mass is 219 g/mol. The largest absolute Gasteiger partial charge is 0.468 e. The average Bonchev–Trinajstić information content (AvgIpc) is 2.87. The highest BCUT2D eigenvalue weighted by Gasteiger charge is 2.06. The number of furan rings is 1. The number of hydrogen-bond acceptors (Lipinski definition) is 3. The van der Waals surface area contributed by atoms with Gasteiger partial charge in [-0.05, 0) is 32.0 Å². The maximum absolute atomic E-state index is 5.25. The van der Waals surface area contributed by atoms with Crippen LogP contribution in [0, 0.1) is 6.92 Å². The van der Waals surface area contributed by atoms with Crippen molar-refractivity contribution in [1.82, 2.24) is 15.5 Å². The molecule has 1 atom stereocenters.